The number of rotatable bonds is 3. The van der Waals surface area contributed by atoms with Gasteiger partial charge in [-0.15, -0.1) is 0 Å². The molecule has 0 spiro atoms. The van der Waals surface area contributed by atoms with E-state index in [9.17, 15) is 9.18 Å². The Morgan fingerprint density at radius 1 is 1.60 bits per heavy atom. The van der Waals surface area contributed by atoms with E-state index in [1.165, 1.54) is 12.1 Å². The van der Waals surface area contributed by atoms with E-state index in [0.29, 0.717) is 12.2 Å². The van der Waals surface area contributed by atoms with Crippen LogP contribution < -0.4 is 0 Å². The van der Waals surface area contributed by atoms with Crippen LogP contribution in [0.4, 0.5) is 4.39 Å². The number of carbonyl (C=O) groups excluding carboxylic acids is 1. The topological polar surface area (TPSA) is 26.3 Å². The first-order valence-electron chi connectivity index (χ1n) is 4.34. The molecule has 0 aromatic heterocycles. The van der Waals surface area contributed by atoms with Gasteiger partial charge in [0.2, 0.25) is 0 Å². The largest absolute Gasteiger partial charge is 0.466 e. The third-order valence-electron chi connectivity index (χ3n) is 1.76. The Morgan fingerprint density at radius 3 is 2.87 bits per heavy atom. The van der Waals surface area contributed by atoms with E-state index in [-0.39, 0.29) is 21.9 Å². The molecular formula is C10H9BrClFO2. The Labute approximate surface area is 101 Å². The summed E-state index contributed by atoms with van der Waals surface area (Å²) >= 11 is 8.85. The summed E-state index contributed by atoms with van der Waals surface area (Å²) in [6, 6.07) is 2.73. The van der Waals surface area contributed by atoms with Crippen LogP contribution in [0.5, 0.6) is 0 Å². The summed E-state index contributed by atoms with van der Waals surface area (Å²) in [5.41, 5.74) is 0.545. The second-order valence-electron chi connectivity index (χ2n) is 2.82. The Kier molecular flexibility index (Phi) is 4.54. The summed E-state index contributed by atoms with van der Waals surface area (Å²) in [5, 5.41) is 0.211. The molecule has 0 aliphatic rings. The molecular weight excluding hydrogens is 286 g/mol. The Balaban J connectivity index is 2.87. The summed E-state index contributed by atoms with van der Waals surface area (Å²) in [4.78, 5) is 11.2. The predicted octanol–water partition coefficient (Wildman–Crippen LogP) is 3.35. The van der Waals surface area contributed by atoms with Crippen molar-refractivity contribution < 1.29 is 13.9 Å². The molecule has 1 aromatic rings. The van der Waals surface area contributed by atoms with E-state index in [2.05, 4.69) is 15.9 Å². The lowest BCUT2D eigenvalue weighted by Crippen LogP contribution is -2.08. The van der Waals surface area contributed by atoms with Crippen molar-refractivity contribution >= 4 is 33.5 Å². The molecule has 0 atom stereocenters. The van der Waals surface area contributed by atoms with Gasteiger partial charge in [0.1, 0.15) is 5.82 Å². The lowest BCUT2D eigenvalue weighted by molar-refractivity contribution is -0.142. The molecule has 0 radical (unpaired) electrons. The highest BCUT2D eigenvalue weighted by Crippen LogP contribution is 2.29. The van der Waals surface area contributed by atoms with Gasteiger partial charge in [-0.05, 0) is 34.5 Å². The zero-order valence-electron chi connectivity index (χ0n) is 8.02. The normalized spacial score (nSPS) is 10.1. The average molecular weight is 296 g/mol. The number of esters is 1. The van der Waals surface area contributed by atoms with Gasteiger partial charge in [0.25, 0.3) is 0 Å². The Morgan fingerprint density at radius 2 is 2.27 bits per heavy atom. The van der Waals surface area contributed by atoms with Gasteiger partial charge in [-0.3, -0.25) is 4.79 Å². The number of benzene rings is 1. The zero-order valence-corrected chi connectivity index (χ0v) is 10.4. The van der Waals surface area contributed by atoms with E-state index in [0.717, 1.165) is 0 Å². The molecule has 0 heterocycles. The van der Waals surface area contributed by atoms with Crippen molar-refractivity contribution in [2.24, 2.45) is 0 Å². The maximum Gasteiger partial charge on any atom is 0.310 e. The monoisotopic (exact) mass is 294 g/mol. The van der Waals surface area contributed by atoms with E-state index in [4.69, 9.17) is 16.3 Å². The summed E-state index contributed by atoms with van der Waals surface area (Å²) < 4.78 is 17.9. The molecule has 82 valence electrons. The van der Waals surface area contributed by atoms with Crippen molar-refractivity contribution in [1.29, 1.82) is 0 Å². The van der Waals surface area contributed by atoms with Crippen LogP contribution in [0.15, 0.2) is 16.6 Å². The molecule has 0 aliphatic heterocycles. The minimum Gasteiger partial charge on any atom is -0.466 e. The van der Waals surface area contributed by atoms with Crippen molar-refractivity contribution in [2.45, 2.75) is 13.3 Å². The first kappa shape index (κ1) is 12.5. The van der Waals surface area contributed by atoms with Crippen molar-refractivity contribution in [3.8, 4) is 0 Å². The molecule has 1 rings (SSSR count). The highest BCUT2D eigenvalue weighted by molar-refractivity contribution is 9.10. The number of halogens is 3. The number of ether oxygens (including phenoxy) is 1. The summed E-state index contributed by atoms with van der Waals surface area (Å²) in [6.45, 7) is 2.04. The van der Waals surface area contributed by atoms with Crippen LogP contribution in [0, 0.1) is 5.82 Å². The fourth-order valence-electron chi connectivity index (χ4n) is 1.07. The number of hydrogen-bond acceptors (Lipinski definition) is 2. The minimum absolute atomic E-state index is 0.0472. The SMILES string of the molecule is CCOC(=O)Cc1ccc(F)c(Br)c1Cl. The third-order valence-corrected chi connectivity index (χ3v) is 3.19. The van der Waals surface area contributed by atoms with Crippen molar-refractivity contribution in [2.75, 3.05) is 6.61 Å². The maximum absolute atomic E-state index is 13.0. The highest BCUT2D eigenvalue weighted by Gasteiger charge is 2.12. The molecule has 0 fully saturated rings. The third kappa shape index (κ3) is 3.18. The van der Waals surface area contributed by atoms with Gasteiger partial charge in [-0.25, -0.2) is 4.39 Å². The van der Waals surface area contributed by atoms with Crippen LogP contribution >= 0.6 is 27.5 Å². The zero-order chi connectivity index (χ0) is 11.4. The summed E-state index contributed by atoms with van der Waals surface area (Å²) in [6.07, 6.45) is 0.0472. The van der Waals surface area contributed by atoms with Gasteiger partial charge in [-0.1, -0.05) is 17.7 Å². The van der Waals surface area contributed by atoms with Crippen LogP contribution in [0.25, 0.3) is 0 Å². The fourth-order valence-corrected chi connectivity index (χ4v) is 1.68. The minimum atomic E-state index is -0.451. The molecule has 0 saturated heterocycles. The van der Waals surface area contributed by atoms with Gasteiger partial charge in [0, 0.05) is 0 Å². The van der Waals surface area contributed by atoms with Gasteiger partial charge >= 0.3 is 5.97 Å². The second-order valence-corrected chi connectivity index (χ2v) is 3.99. The van der Waals surface area contributed by atoms with Crippen LogP contribution in [0.2, 0.25) is 5.02 Å². The highest BCUT2D eigenvalue weighted by atomic mass is 79.9. The smallest absolute Gasteiger partial charge is 0.310 e. The molecule has 2 nitrogen and oxygen atoms in total. The molecule has 0 N–H and O–H groups in total. The van der Waals surface area contributed by atoms with E-state index in [1.54, 1.807) is 6.92 Å². The predicted molar refractivity (Wildman–Crippen MR) is 59.4 cm³/mol. The van der Waals surface area contributed by atoms with E-state index < -0.39 is 5.82 Å². The van der Waals surface area contributed by atoms with Crippen LogP contribution in [-0.4, -0.2) is 12.6 Å². The molecule has 0 unspecified atom stereocenters. The van der Waals surface area contributed by atoms with Gasteiger partial charge in [0.05, 0.1) is 22.5 Å². The van der Waals surface area contributed by atoms with Gasteiger partial charge in [-0.2, -0.15) is 0 Å². The molecule has 15 heavy (non-hydrogen) atoms. The van der Waals surface area contributed by atoms with Gasteiger partial charge in [0.15, 0.2) is 0 Å². The molecule has 0 bridgehead atoms. The first-order chi connectivity index (χ1) is 7.06. The summed E-state index contributed by atoms with van der Waals surface area (Å²) in [5.74, 6) is -0.828. The van der Waals surface area contributed by atoms with Crippen molar-refractivity contribution in [3.63, 3.8) is 0 Å². The molecule has 0 saturated carbocycles. The lowest BCUT2D eigenvalue weighted by atomic mass is 10.1. The fraction of sp³-hybridized carbons (Fsp3) is 0.300. The number of carbonyl (C=O) groups is 1. The molecule has 0 aliphatic carbocycles. The van der Waals surface area contributed by atoms with Crippen molar-refractivity contribution in [3.05, 3.63) is 33.0 Å². The molecule has 5 heteroatoms. The van der Waals surface area contributed by atoms with Crippen LogP contribution in [0.1, 0.15) is 12.5 Å². The maximum atomic E-state index is 13.0. The average Bonchev–Trinajstić information content (AvgIpc) is 2.20. The van der Waals surface area contributed by atoms with E-state index in [1.807, 2.05) is 0 Å². The van der Waals surface area contributed by atoms with Crippen LogP contribution in [-0.2, 0) is 16.0 Å². The van der Waals surface area contributed by atoms with E-state index >= 15 is 0 Å². The Bertz CT molecular complexity index is 382. The second kappa shape index (κ2) is 5.47. The standard InChI is InChI=1S/C10H9BrClFO2/c1-2-15-8(14)5-6-3-4-7(13)9(11)10(6)12/h3-4H,2,5H2,1H3. The lowest BCUT2D eigenvalue weighted by Gasteiger charge is -2.06. The van der Waals surface area contributed by atoms with Crippen LogP contribution in [0.3, 0.4) is 0 Å². The van der Waals surface area contributed by atoms with Gasteiger partial charge < -0.3 is 4.74 Å². The number of hydrogen-bond donors (Lipinski definition) is 0. The first-order valence-corrected chi connectivity index (χ1v) is 5.51. The Hall–Kier alpha value is -0.610. The van der Waals surface area contributed by atoms with Crippen molar-refractivity contribution in [1.82, 2.24) is 0 Å². The molecule has 0 amide bonds. The quantitative estimate of drug-likeness (QED) is 0.631. The molecule has 1 aromatic carbocycles. The summed E-state index contributed by atoms with van der Waals surface area (Å²) in [7, 11) is 0.